The smallest absolute Gasteiger partial charge is 0.313 e. The molecule has 0 aliphatic carbocycles. The second kappa shape index (κ2) is 5.26. The van der Waals surface area contributed by atoms with Gasteiger partial charge < -0.3 is 5.11 Å². The first-order valence-corrected chi connectivity index (χ1v) is 6.51. The largest absolute Gasteiger partial charge is 0.481 e. The van der Waals surface area contributed by atoms with Crippen LogP contribution in [0.2, 0.25) is 0 Å². The predicted octanol–water partition coefficient (Wildman–Crippen LogP) is 1.34. The number of aryl methyl sites for hydroxylation is 2. The molecule has 18 heavy (non-hydrogen) atoms. The van der Waals surface area contributed by atoms with Crippen LogP contribution in [0.5, 0.6) is 0 Å². The first-order chi connectivity index (χ1) is 8.61. The van der Waals surface area contributed by atoms with Gasteiger partial charge in [0.15, 0.2) is 5.16 Å². The normalized spacial score (nSPS) is 10.8. The van der Waals surface area contributed by atoms with Gasteiger partial charge in [-0.25, -0.2) is 4.98 Å². The van der Waals surface area contributed by atoms with Crippen LogP contribution in [0, 0.1) is 0 Å². The van der Waals surface area contributed by atoms with E-state index in [4.69, 9.17) is 5.11 Å². The van der Waals surface area contributed by atoms with Crippen molar-refractivity contribution in [2.75, 3.05) is 5.75 Å². The number of hydrogen-bond acceptors (Lipinski definition) is 4. The molecule has 7 heteroatoms. The maximum absolute atomic E-state index is 10.6. The molecule has 1 N–H and O–H groups in total. The summed E-state index contributed by atoms with van der Waals surface area (Å²) in [7, 11) is 1.86. The lowest BCUT2D eigenvalue weighted by atomic mass is 10.3. The summed E-state index contributed by atoms with van der Waals surface area (Å²) in [6, 6.07) is 0. The Labute approximate surface area is 109 Å². The van der Waals surface area contributed by atoms with E-state index in [2.05, 4.69) is 10.1 Å². The topological polar surface area (TPSA) is 72.9 Å². The number of aromatic nitrogens is 4. The molecule has 0 aliphatic rings. The summed E-state index contributed by atoms with van der Waals surface area (Å²) in [6.07, 6.45) is 6.21. The predicted molar refractivity (Wildman–Crippen MR) is 68.1 cm³/mol. The molecule has 0 aliphatic heterocycles. The molecule has 96 valence electrons. The summed E-state index contributed by atoms with van der Waals surface area (Å²) in [5.41, 5.74) is 1.91. The van der Waals surface area contributed by atoms with E-state index in [-0.39, 0.29) is 5.75 Å². The van der Waals surface area contributed by atoms with E-state index < -0.39 is 5.97 Å². The Kier molecular flexibility index (Phi) is 3.71. The monoisotopic (exact) mass is 266 g/mol. The minimum Gasteiger partial charge on any atom is -0.481 e. The zero-order valence-electron chi connectivity index (χ0n) is 10.2. The number of aliphatic carboxylic acids is 1. The van der Waals surface area contributed by atoms with E-state index in [9.17, 15) is 4.79 Å². The van der Waals surface area contributed by atoms with Gasteiger partial charge in [-0.1, -0.05) is 18.7 Å². The van der Waals surface area contributed by atoms with Crippen LogP contribution in [0.15, 0.2) is 23.7 Å². The fourth-order valence-electron chi connectivity index (χ4n) is 1.68. The van der Waals surface area contributed by atoms with Crippen molar-refractivity contribution in [3.05, 3.63) is 24.3 Å². The first-order valence-electron chi connectivity index (χ1n) is 5.52. The van der Waals surface area contributed by atoms with E-state index in [1.807, 2.05) is 30.9 Å². The Balaban J connectivity index is 2.32. The van der Waals surface area contributed by atoms with Crippen LogP contribution in [-0.4, -0.2) is 36.2 Å². The average molecular weight is 266 g/mol. The van der Waals surface area contributed by atoms with Gasteiger partial charge in [-0.15, -0.1) is 0 Å². The van der Waals surface area contributed by atoms with E-state index in [1.54, 1.807) is 10.9 Å². The number of carbonyl (C=O) groups is 1. The third kappa shape index (κ3) is 2.56. The van der Waals surface area contributed by atoms with Crippen LogP contribution >= 0.6 is 11.8 Å². The number of carboxylic acids is 1. The Bertz CT molecular complexity index is 561. The van der Waals surface area contributed by atoms with Crippen LogP contribution in [0.25, 0.3) is 5.69 Å². The van der Waals surface area contributed by atoms with Gasteiger partial charge in [0.1, 0.15) is 0 Å². The molecule has 0 saturated heterocycles. The van der Waals surface area contributed by atoms with Gasteiger partial charge in [-0.05, 0) is 6.42 Å². The molecule has 0 unspecified atom stereocenters. The van der Waals surface area contributed by atoms with Gasteiger partial charge in [0.2, 0.25) is 0 Å². The molecule has 0 aromatic carbocycles. The van der Waals surface area contributed by atoms with Crippen LogP contribution in [-0.2, 0) is 18.3 Å². The molecule has 2 rings (SSSR count). The lowest BCUT2D eigenvalue weighted by Crippen LogP contribution is -2.02. The van der Waals surface area contributed by atoms with E-state index in [0.717, 1.165) is 17.8 Å². The molecular formula is C11H14N4O2S. The Morgan fingerprint density at radius 2 is 2.33 bits per heavy atom. The molecule has 0 radical (unpaired) electrons. The van der Waals surface area contributed by atoms with E-state index in [0.29, 0.717) is 5.16 Å². The van der Waals surface area contributed by atoms with Gasteiger partial charge >= 0.3 is 5.97 Å². The zero-order chi connectivity index (χ0) is 13.1. The second-order valence-electron chi connectivity index (χ2n) is 3.75. The molecule has 2 aromatic rings. The van der Waals surface area contributed by atoms with Crippen LogP contribution < -0.4 is 0 Å². The Morgan fingerprint density at radius 3 is 3.00 bits per heavy atom. The summed E-state index contributed by atoms with van der Waals surface area (Å²) in [6.45, 7) is 2.03. The SMILES string of the molecule is CCc1nn(C)cc1-n1ccnc1SCC(=O)O. The average Bonchev–Trinajstić information content (AvgIpc) is 2.91. The zero-order valence-corrected chi connectivity index (χ0v) is 11.0. The molecule has 6 nitrogen and oxygen atoms in total. The summed E-state index contributed by atoms with van der Waals surface area (Å²) in [5, 5.41) is 13.7. The van der Waals surface area contributed by atoms with Crippen molar-refractivity contribution in [3.8, 4) is 5.69 Å². The molecular weight excluding hydrogens is 252 g/mol. The highest BCUT2D eigenvalue weighted by Crippen LogP contribution is 2.22. The lowest BCUT2D eigenvalue weighted by Gasteiger charge is -2.05. The number of nitrogens with zero attached hydrogens (tertiary/aromatic N) is 4. The third-order valence-corrected chi connectivity index (χ3v) is 3.36. The highest BCUT2D eigenvalue weighted by Gasteiger charge is 2.13. The minimum atomic E-state index is -0.851. The van der Waals surface area contributed by atoms with Crippen molar-refractivity contribution in [2.45, 2.75) is 18.5 Å². The van der Waals surface area contributed by atoms with Crippen molar-refractivity contribution < 1.29 is 9.90 Å². The summed E-state index contributed by atoms with van der Waals surface area (Å²) in [4.78, 5) is 14.8. The molecule has 2 aromatic heterocycles. The summed E-state index contributed by atoms with van der Waals surface area (Å²) >= 11 is 1.20. The standard InChI is InChI=1S/C11H14N4O2S/c1-3-8-9(6-14(2)13-8)15-5-4-12-11(15)18-7-10(16)17/h4-6H,3,7H2,1-2H3,(H,16,17). The van der Waals surface area contributed by atoms with Gasteiger partial charge in [-0.3, -0.25) is 14.0 Å². The number of thioether (sulfide) groups is 1. The number of rotatable bonds is 5. The minimum absolute atomic E-state index is 0.00126. The molecule has 2 heterocycles. The summed E-state index contributed by atoms with van der Waals surface area (Å²) < 4.78 is 3.62. The molecule has 0 spiro atoms. The highest BCUT2D eigenvalue weighted by atomic mass is 32.2. The molecule has 0 saturated carbocycles. The van der Waals surface area contributed by atoms with Crippen molar-refractivity contribution in [3.63, 3.8) is 0 Å². The lowest BCUT2D eigenvalue weighted by molar-refractivity contribution is -0.133. The molecule has 0 fully saturated rings. The maximum atomic E-state index is 10.6. The van der Waals surface area contributed by atoms with E-state index in [1.165, 1.54) is 11.8 Å². The van der Waals surface area contributed by atoms with Gasteiger partial charge in [0.25, 0.3) is 0 Å². The second-order valence-corrected chi connectivity index (χ2v) is 4.69. The third-order valence-electron chi connectivity index (χ3n) is 2.41. The van der Waals surface area contributed by atoms with Crippen LogP contribution in [0.4, 0.5) is 0 Å². The van der Waals surface area contributed by atoms with Crippen molar-refractivity contribution in [2.24, 2.45) is 7.05 Å². The quantitative estimate of drug-likeness (QED) is 0.827. The van der Waals surface area contributed by atoms with E-state index >= 15 is 0 Å². The summed E-state index contributed by atoms with van der Waals surface area (Å²) in [5.74, 6) is -0.852. The maximum Gasteiger partial charge on any atom is 0.313 e. The molecule has 0 bridgehead atoms. The van der Waals surface area contributed by atoms with Crippen LogP contribution in [0.1, 0.15) is 12.6 Å². The number of carboxylic acid groups (broad SMARTS) is 1. The fourth-order valence-corrected chi connectivity index (χ4v) is 2.37. The van der Waals surface area contributed by atoms with Crippen molar-refractivity contribution in [1.29, 1.82) is 0 Å². The van der Waals surface area contributed by atoms with Gasteiger partial charge in [0.05, 0.1) is 17.1 Å². The first kappa shape index (κ1) is 12.7. The fraction of sp³-hybridized carbons (Fsp3) is 0.364. The van der Waals surface area contributed by atoms with Crippen molar-refractivity contribution >= 4 is 17.7 Å². The number of imidazole rings is 1. The van der Waals surface area contributed by atoms with Crippen LogP contribution in [0.3, 0.4) is 0 Å². The van der Waals surface area contributed by atoms with Gasteiger partial charge in [0, 0.05) is 25.6 Å². The molecule has 0 amide bonds. The molecule has 0 atom stereocenters. The van der Waals surface area contributed by atoms with Gasteiger partial charge in [-0.2, -0.15) is 5.10 Å². The Morgan fingerprint density at radius 1 is 1.56 bits per heavy atom. The number of hydrogen-bond donors (Lipinski definition) is 1. The van der Waals surface area contributed by atoms with Crippen molar-refractivity contribution in [1.82, 2.24) is 19.3 Å². The Hall–Kier alpha value is -1.76. The highest BCUT2D eigenvalue weighted by molar-refractivity contribution is 7.99.